The largest absolute Gasteiger partial charge is 0.385 e. The van der Waals surface area contributed by atoms with Crippen LogP contribution in [0.2, 0.25) is 0 Å². The van der Waals surface area contributed by atoms with Crippen molar-refractivity contribution < 1.29 is 23.9 Å². The molecule has 0 radical (unpaired) electrons. The molecule has 0 bridgehead atoms. The van der Waals surface area contributed by atoms with Gasteiger partial charge in [0, 0.05) is 52.7 Å². The molecule has 0 aromatic carbocycles. The highest BCUT2D eigenvalue weighted by Gasteiger charge is 2.27. The van der Waals surface area contributed by atoms with Gasteiger partial charge in [0.1, 0.15) is 0 Å². The maximum absolute atomic E-state index is 12.3. The highest BCUT2D eigenvalue weighted by atomic mass is 16.5. The van der Waals surface area contributed by atoms with Gasteiger partial charge in [0.05, 0.1) is 0 Å². The van der Waals surface area contributed by atoms with Crippen molar-refractivity contribution in [3.8, 4) is 0 Å². The number of Topliss-reactive ketones (excluding diaryl/α,β-unsaturated/α-hetero) is 3. The second kappa shape index (κ2) is 14.8. The van der Waals surface area contributed by atoms with Gasteiger partial charge in [-0.2, -0.15) is 0 Å². The molecule has 0 aromatic heterocycles. The Balaban J connectivity index is 0.000000437. The molecule has 0 saturated carbocycles. The van der Waals surface area contributed by atoms with E-state index in [1.165, 1.54) is 38.2 Å². The molecule has 0 heterocycles. The number of methoxy groups -OCH3 is 1. The van der Waals surface area contributed by atoms with Crippen LogP contribution in [-0.4, -0.2) is 36.8 Å². The van der Waals surface area contributed by atoms with Crippen molar-refractivity contribution in [1.29, 1.82) is 0 Å². The van der Waals surface area contributed by atoms with Gasteiger partial charge in [-0.15, -0.1) is 0 Å². The quantitative estimate of drug-likeness (QED) is 0.259. The Hall–Kier alpha value is -2.40. The molecule has 0 aromatic rings. The maximum atomic E-state index is 12.3. The summed E-state index contributed by atoms with van der Waals surface area (Å²) in [6.07, 6.45) is 11.7. The molecule has 5 heteroatoms. The van der Waals surface area contributed by atoms with Crippen molar-refractivity contribution in [2.24, 2.45) is 0 Å². The molecule has 0 unspecified atom stereocenters. The second-order valence-corrected chi connectivity index (χ2v) is 9.35. The van der Waals surface area contributed by atoms with E-state index in [1.807, 2.05) is 0 Å². The Morgan fingerprint density at radius 2 is 1.03 bits per heavy atom. The van der Waals surface area contributed by atoms with Gasteiger partial charge in [-0.1, -0.05) is 38.5 Å². The van der Waals surface area contributed by atoms with Gasteiger partial charge in [-0.05, 0) is 66.9 Å². The third-order valence-corrected chi connectivity index (χ3v) is 6.81. The molecule has 0 spiro atoms. The van der Waals surface area contributed by atoms with Crippen LogP contribution in [0.25, 0.3) is 0 Å². The normalized spacial score (nSPS) is 16.9. The van der Waals surface area contributed by atoms with Crippen molar-refractivity contribution in [3.05, 3.63) is 45.1 Å². The summed E-state index contributed by atoms with van der Waals surface area (Å²) >= 11 is 0. The lowest BCUT2D eigenvalue weighted by Crippen LogP contribution is -2.20. The van der Waals surface area contributed by atoms with Crippen LogP contribution in [0.4, 0.5) is 0 Å². The Kier molecular flexibility index (Phi) is 12.9. The topological polar surface area (TPSA) is 77.5 Å². The smallest absolute Gasteiger partial charge is 0.185 e. The minimum absolute atomic E-state index is 0.0119. The SMILES string of the molecule is CC1=CC(=O)C(C)=C(C)C1=O.COCCCCCCCCCCC1=C(C)C(=O)C(C)=C(C)C1=O. The lowest BCUT2D eigenvalue weighted by atomic mass is 9.84. The molecule has 0 aliphatic heterocycles. The van der Waals surface area contributed by atoms with Gasteiger partial charge >= 0.3 is 0 Å². The van der Waals surface area contributed by atoms with Gasteiger partial charge in [-0.3, -0.25) is 19.2 Å². The predicted molar refractivity (Wildman–Crippen MR) is 137 cm³/mol. The van der Waals surface area contributed by atoms with E-state index in [9.17, 15) is 19.2 Å². The number of unbranched alkanes of at least 4 members (excludes halogenated alkanes) is 7. The highest BCUT2D eigenvalue weighted by molar-refractivity contribution is 6.24. The molecule has 188 valence electrons. The summed E-state index contributed by atoms with van der Waals surface area (Å²) < 4.78 is 5.04. The fraction of sp³-hybridized carbons (Fsp3) is 0.586. The van der Waals surface area contributed by atoms with Crippen LogP contribution in [0.1, 0.15) is 99.3 Å². The van der Waals surface area contributed by atoms with Crippen molar-refractivity contribution in [2.45, 2.75) is 99.3 Å². The number of ketones is 4. The minimum Gasteiger partial charge on any atom is -0.385 e. The number of carbonyl (C=O) groups excluding carboxylic acids is 4. The first-order valence-electron chi connectivity index (χ1n) is 12.4. The molecule has 0 saturated heterocycles. The average Bonchev–Trinajstić information content (AvgIpc) is 2.82. The monoisotopic (exact) mass is 470 g/mol. The fourth-order valence-corrected chi connectivity index (χ4v) is 4.09. The molecule has 0 fully saturated rings. The number of allylic oxidation sites excluding steroid dienone is 8. The minimum atomic E-state index is -0.0420. The van der Waals surface area contributed by atoms with E-state index in [0.29, 0.717) is 33.4 Å². The number of hydrogen-bond donors (Lipinski definition) is 0. The Labute approximate surface area is 205 Å². The summed E-state index contributed by atoms with van der Waals surface area (Å²) in [5.74, 6) is 0.0765. The van der Waals surface area contributed by atoms with Gasteiger partial charge < -0.3 is 4.74 Å². The average molecular weight is 471 g/mol. The molecule has 0 atom stereocenters. The van der Waals surface area contributed by atoms with Crippen LogP contribution in [0.15, 0.2) is 45.1 Å². The van der Waals surface area contributed by atoms with Gasteiger partial charge in [-0.25, -0.2) is 0 Å². The third-order valence-electron chi connectivity index (χ3n) is 6.81. The maximum Gasteiger partial charge on any atom is 0.185 e. The summed E-state index contributed by atoms with van der Waals surface area (Å²) in [5, 5.41) is 0. The number of hydrogen-bond acceptors (Lipinski definition) is 5. The summed E-state index contributed by atoms with van der Waals surface area (Å²) in [5.41, 5.74) is 4.35. The van der Waals surface area contributed by atoms with Crippen LogP contribution in [0.5, 0.6) is 0 Å². The van der Waals surface area contributed by atoms with E-state index in [2.05, 4.69) is 0 Å². The lowest BCUT2D eigenvalue weighted by Gasteiger charge is -2.18. The molecule has 2 aliphatic rings. The van der Waals surface area contributed by atoms with Crippen LogP contribution < -0.4 is 0 Å². The number of rotatable bonds is 11. The van der Waals surface area contributed by atoms with E-state index in [4.69, 9.17) is 4.74 Å². The first kappa shape index (κ1) is 29.6. The van der Waals surface area contributed by atoms with E-state index in [1.54, 1.807) is 48.7 Å². The second-order valence-electron chi connectivity index (χ2n) is 9.35. The Morgan fingerprint density at radius 1 is 0.559 bits per heavy atom. The molecule has 2 aliphatic carbocycles. The van der Waals surface area contributed by atoms with Crippen molar-refractivity contribution in [1.82, 2.24) is 0 Å². The van der Waals surface area contributed by atoms with Crippen molar-refractivity contribution in [3.63, 3.8) is 0 Å². The van der Waals surface area contributed by atoms with Crippen LogP contribution >= 0.6 is 0 Å². The first-order chi connectivity index (χ1) is 16.0. The van der Waals surface area contributed by atoms with Crippen LogP contribution in [0.3, 0.4) is 0 Å². The van der Waals surface area contributed by atoms with Crippen molar-refractivity contribution >= 4 is 23.1 Å². The number of ether oxygens (including phenoxy) is 1. The fourth-order valence-electron chi connectivity index (χ4n) is 4.09. The Morgan fingerprint density at radius 3 is 1.59 bits per heavy atom. The van der Waals surface area contributed by atoms with Gasteiger partial charge in [0.2, 0.25) is 0 Å². The van der Waals surface area contributed by atoms with E-state index < -0.39 is 0 Å². The molecule has 34 heavy (non-hydrogen) atoms. The summed E-state index contributed by atoms with van der Waals surface area (Å²) in [7, 11) is 1.75. The summed E-state index contributed by atoms with van der Waals surface area (Å²) in [6.45, 7) is 11.2. The van der Waals surface area contributed by atoms with E-state index >= 15 is 0 Å². The molecule has 0 N–H and O–H groups in total. The zero-order chi connectivity index (χ0) is 25.8. The van der Waals surface area contributed by atoms with E-state index in [0.717, 1.165) is 37.9 Å². The predicted octanol–water partition coefficient (Wildman–Crippen LogP) is 6.37. The zero-order valence-corrected chi connectivity index (χ0v) is 22.2. The molecule has 5 nitrogen and oxygen atoms in total. The van der Waals surface area contributed by atoms with Gasteiger partial charge in [0.25, 0.3) is 0 Å². The summed E-state index contributed by atoms with van der Waals surface area (Å²) in [4.78, 5) is 46.7. The van der Waals surface area contributed by atoms with Gasteiger partial charge in [0.15, 0.2) is 23.1 Å². The number of carbonyl (C=O) groups is 4. The first-order valence-corrected chi connectivity index (χ1v) is 12.4. The Bertz CT molecular complexity index is 924. The molecule has 0 amide bonds. The standard InChI is InChI=1S/C20H32O3.C9H10O2/c1-15-16(2)20(22)18(17(3)19(15)21)13-11-9-7-5-6-8-10-12-14-23-4;1-5-4-8(10)6(2)7(3)9(5)11/h5-14H2,1-4H3;4H,1-3H3. The van der Waals surface area contributed by atoms with Crippen LogP contribution in [0, 0.1) is 0 Å². The summed E-state index contributed by atoms with van der Waals surface area (Å²) in [6, 6.07) is 0. The third kappa shape index (κ3) is 8.43. The van der Waals surface area contributed by atoms with Crippen molar-refractivity contribution in [2.75, 3.05) is 13.7 Å². The zero-order valence-electron chi connectivity index (χ0n) is 22.2. The van der Waals surface area contributed by atoms with E-state index in [-0.39, 0.29) is 23.1 Å². The van der Waals surface area contributed by atoms with Crippen LogP contribution in [-0.2, 0) is 23.9 Å². The molecular formula is C29H42O5. The molecule has 2 rings (SSSR count). The molecular weight excluding hydrogens is 428 g/mol. The highest BCUT2D eigenvalue weighted by Crippen LogP contribution is 2.27. The lowest BCUT2D eigenvalue weighted by molar-refractivity contribution is -0.116.